The number of imidazole rings is 1. The lowest BCUT2D eigenvalue weighted by atomic mass is 9.98. The number of benzene rings is 2. The predicted octanol–water partition coefficient (Wildman–Crippen LogP) is -7.78. The van der Waals surface area contributed by atoms with Crippen LogP contribution in [0.5, 0.6) is 11.5 Å². The normalized spacial score (nSPS) is 14.7. The Kier molecular flexibility index (Phi) is 50.8. The van der Waals surface area contributed by atoms with Gasteiger partial charge in [-0.2, -0.15) is 0 Å². The number of aliphatic hydroxyl groups excluding tert-OH is 2. The van der Waals surface area contributed by atoms with Crippen LogP contribution in [0.15, 0.2) is 61.1 Å². The molecule has 0 saturated heterocycles. The molecule has 0 aliphatic rings. The molecule has 17 amide bonds. The van der Waals surface area contributed by atoms with Gasteiger partial charge in [-0.1, -0.05) is 79.7 Å². The lowest BCUT2D eigenvalue weighted by Crippen LogP contribution is -2.62. The summed E-state index contributed by atoms with van der Waals surface area (Å²) in [5, 5.41) is 111. The number of aromatic hydroxyl groups is 2. The monoisotopic (exact) mass is 1920 g/mol. The van der Waals surface area contributed by atoms with E-state index in [1.807, 2.05) is 0 Å². The van der Waals surface area contributed by atoms with Crippen LogP contribution in [-0.2, 0) is 101 Å². The highest BCUT2D eigenvalue weighted by Gasteiger charge is 2.40. The van der Waals surface area contributed by atoms with Crippen LogP contribution in [0.25, 0.3) is 0 Å². The van der Waals surface area contributed by atoms with Gasteiger partial charge < -0.3 is 156 Å². The highest BCUT2D eigenvalue weighted by Crippen LogP contribution is 2.19. The Bertz CT molecular complexity index is 4500. The lowest BCUT2D eigenvalue weighted by Gasteiger charge is -2.31. The van der Waals surface area contributed by atoms with Crippen LogP contribution in [0.3, 0.4) is 0 Å². The van der Waals surface area contributed by atoms with Gasteiger partial charge in [0.05, 0.1) is 43.2 Å². The topological polar surface area (TPSA) is 844 Å². The van der Waals surface area contributed by atoms with E-state index in [1.54, 1.807) is 55.4 Å². The van der Waals surface area contributed by atoms with Crippen LogP contribution >= 0.6 is 0 Å². The van der Waals surface area contributed by atoms with Crippen molar-refractivity contribution in [3.8, 4) is 11.5 Å². The second kappa shape index (κ2) is 59.5. The van der Waals surface area contributed by atoms with Crippen molar-refractivity contribution in [2.24, 2.45) is 58.1 Å². The summed E-state index contributed by atoms with van der Waals surface area (Å²) in [4.78, 5) is 244. The summed E-state index contributed by atoms with van der Waals surface area (Å²) in [6.07, 6.45) is -2.00. The van der Waals surface area contributed by atoms with E-state index in [1.165, 1.54) is 74.9 Å². The number of carbonyl (C=O) groups is 17. The third-order valence-corrected chi connectivity index (χ3v) is 20.9. The Morgan fingerprint density at radius 3 is 1.11 bits per heavy atom. The van der Waals surface area contributed by atoms with Gasteiger partial charge >= 0.3 is 0 Å². The second-order valence-corrected chi connectivity index (χ2v) is 34.7. The SMILES string of the molecule is CC(=O)N[C@@H](C)C(=O)N[C@@H](CO)C(=O)N[C@@H](CC(C)C)C(=O)N[C@@H](CCCNC(=N)N)C(=O)N[C@@H](Cc1c[nH]cn1)C(=O)N[C@@H](Cc1ccc(O)cc1)C(=O)N[C@@H](CC(C)C)C(=O)N[C@@H](CC(N)=O)C(=O)N[C@@H](CC(C)C)C(=O)N[C@H](C(=O)N[C@H](CN[C@@H](CCCNC(=N)N)C(=O)N[C@@H](CCC(N)=O)C(=O)N[C@@H](CCCNC(=N)N)C(=O)N[C@@H](Cc1ccc(O)cc1)C(N)=O)[C@@H](C)O)C(C)C. The molecule has 136 heavy (non-hydrogen) atoms. The maximum Gasteiger partial charge on any atom is 0.245 e. The van der Waals surface area contributed by atoms with Crippen molar-refractivity contribution in [3.63, 3.8) is 0 Å². The van der Waals surface area contributed by atoms with Crippen molar-refractivity contribution < 1.29 is 102 Å². The average molecular weight is 1920 g/mol. The van der Waals surface area contributed by atoms with Crippen molar-refractivity contribution in [2.45, 2.75) is 269 Å². The number of nitrogens with zero attached hydrogens (tertiary/aromatic N) is 1. The van der Waals surface area contributed by atoms with E-state index in [0.717, 1.165) is 6.92 Å². The molecular weight excluding hydrogens is 1780 g/mol. The van der Waals surface area contributed by atoms with Crippen LogP contribution in [0.2, 0.25) is 0 Å². The van der Waals surface area contributed by atoms with Gasteiger partial charge in [-0.15, -0.1) is 0 Å². The molecule has 0 saturated carbocycles. The van der Waals surface area contributed by atoms with Crippen molar-refractivity contribution >= 4 is 118 Å². The van der Waals surface area contributed by atoms with E-state index in [9.17, 15) is 92.3 Å². The predicted molar refractivity (Wildman–Crippen MR) is 497 cm³/mol. The van der Waals surface area contributed by atoms with E-state index >= 15 is 9.59 Å². The number of aromatic amines is 1. The molecule has 756 valence electrons. The number of H-pyrrole nitrogens is 1. The summed E-state index contributed by atoms with van der Waals surface area (Å²) in [6.45, 7) is 15.8. The van der Waals surface area contributed by atoms with Gasteiger partial charge in [0.15, 0.2) is 17.9 Å². The number of aliphatic hydroxyl groups is 2. The Morgan fingerprint density at radius 2 is 0.735 bits per heavy atom. The first-order valence-electron chi connectivity index (χ1n) is 44.7. The molecule has 0 bridgehead atoms. The minimum atomic E-state index is -1.88. The third-order valence-electron chi connectivity index (χ3n) is 20.9. The number of aromatic nitrogens is 2. The molecule has 0 aliphatic carbocycles. The van der Waals surface area contributed by atoms with Crippen molar-refractivity contribution in [1.82, 2.24) is 106 Å². The number of hydrogen-bond donors (Lipinski definition) is 32. The van der Waals surface area contributed by atoms with Gasteiger partial charge in [0.2, 0.25) is 100 Å². The van der Waals surface area contributed by atoms with E-state index in [4.69, 9.17) is 50.6 Å². The highest BCUT2D eigenvalue weighted by atomic mass is 16.3. The second-order valence-electron chi connectivity index (χ2n) is 34.7. The number of phenols is 2. The Labute approximate surface area is 788 Å². The van der Waals surface area contributed by atoms with Crippen molar-refractivity contribution in [3.05, 3.63) is 77.9 Å². The third kappa shape index (κ3) is 45.1. The van der Waals surface area contributed by atoms with Crippen LogP contribution in [0.4, 0.5) is 0 Å². The highest BCUT2D eigenvalue weighted by molar-refractivity contribution is 6.01. The van der Waals surface area contributed by atoms with Gasteiger partial charge in [-0.3, -0.25) is 97.7 Å². The molecule has 38 N–H and O–H groups in total. The molecule has 1 aromatic heterocycles. The number of guanidine groups is 3. The molecule has 0 aliphatic heterocycles. The van der Waals surface area contributed by atoms with Crippen molar-refractivity contribution in [1.29, 1.82) is 16.2 Å². The Hall–Kier alpha value is -14.1. The number of amides is 17. The van der Waals surface area contributed by atoms with Crippen LogP contribution < -0.4 is 130 Å². The van der Waals surface area contributed by atoms with Gasteiger partial charge in [0.1, 0.15) is 90.0 Å². The number of rotatable bonds is 63. The van der Waals surface area contributed by atoms with Gasteiger partial charge in [-0.25, -0.2) is 4.98 Å². The molecule has 0 spiro atoms. The van der Waals surface area contributed by atoms with Gasteiger partial charge in [-0.05, 0) is 137 Å². The molecule has 50 heteroatoms. The van der Waals surface area contributed by atoms with Crippen LogP contribution in [-0.4, -0.2) is 278 Å². The fourth-order valence-electron chi connectivity index (χ4n) is 13.8. The summed E-state index contributed by atoms with van der Waals surface area (Å²) < 4.78 is 0. The smallest absolute Gasteiger partial charge is 0.245 e. The molecule has 2 aromatic carbocycles. The zero-order valence-corrected chi connectivity index (χ0v) is 78.6. The average Bonchev–Trinajstić information content (AvgIpc) is 1.03. The minimum absolute atomic E-state index is 0.00225. The van der Waals surface area contributed by atoms with Crippen molar-refractivity contribution in [2.75, 3.05) is 32.8 Å². The molecule has 50 nitrogen and oxygen atoms in total. The van der Waals surface area contributed by atoms with Crippen LogP contribution in [0, 0.1) is 39.9 Å². The van der Waals surface area contributed by atoms with E-state index in [-0.39, 0.29) is 120 Å². The summed E-state index contributed by atoms with van der Waals surface area (Å²) >= 11 is 0. The largest absolute Gasteiger partial charge is 0.508 e. The molecule has 3 aromatic rings. The Morgan fingerprint density at radius 1 is 0.390 bits per heavy atom. The number of primary amides is 3. The minimum Gasteiger partial charge on any atom is -0.508 e. The summed E-state index contributed by atoms with van der Waals surface area (Å²) in [5.41, 5.74) is 34.5. The number of nitrogens with one attached hydrogen (secondary N) is 22. The summed E-state index contributed by atoms with van der Waals surface area (Å²) in [7, 11) is 0. The first-order valence-corrected chi connectivity index (χ1v) is 44.7. The first-order chi connectivity index (χ1) is 63.9. The molecule has 0 fully saturated rings. The zero-order valence-electron chi connectivity index (χ0n) is 78.6. The zero-order chi connectivity index (χ0) is 102. The standard InChI is InChI=1S/C86H141N29O21/c1-42(2)31-59(109-82(135)66(40-116)114-71(124)46(9)102-48(11)118)76(129)104-56(17-14-30-99-86(94)95)74(127)111-63(36-51-38-96-41-101-51)79(132)110-62(35-50-20-24-53(120)25-21-50)78(131)107-60(32-43(3)4)77(130)112-64(37-68(88)122)80(133)108-61(33-44(5)6)81(134)115-69(45(7)8)83(136)113-65(47(10)117)39-100-54(15-12-28-97-84(90)91)72(125)105-57(26-27-67(87)121)75(128)103-55(16-13-29-98-85(92)93)73(126)106-58(70(89)123)34-49-18-22-52(119)23-19-49/h18-25,38,41-47,54-66,69,100,116-117,119-120H,12-17,26-37,39-40H2,1-11H3,(H2,87,121)(H2,88,122)(H2,89,123)(H,96,101)(H,102,118)(H,103,128)(H,104,129)(H,105,125)(H,106,126)(H,107,131)(H,108,133)(H,109,135)(H,110,132)(H,111,127)(H,112,130)(H,113,136)(H,114,124)(H,115,134)(H4,90,91,97)(H4,92,93,98)(H4,94,95,99)/t46-,47+,54-,55-,56-,57-,58-,59-,60-,61-,62-,63-,64-,65+,66-,69-/m0/s1. The van der Waals surface area contributed by atoms with E-state index in [0.29, 0.717) is 11.1 Å². The maximum absolute atomic E-state index is 15.1. The number of nitrogens with two attached hydrogens (primary N) is 6. The number of phenolic OH excluding ortho intramolecular Hbond substituents is 2. The quantitative estimate of drug-likeness (QED) is 0.0142. The van der Waals surface area contributed by atoms with Gasteiger partial charge in [0, 0.05) is 65.0 Å². The van der Waals surface area contributed by atoms with E-state index < -0.39 is 265 Å². The lowest BCUT2D eigenvalue weighted by molar-refractivity contribution is -0.137. The Balaban J connectivity index is 2.01. The number of carbonyl (C=O) groups excluding carboxylic acids is 17. The maximum atomic E-state index is 15.1. The molecule has 1 heterocycles. The fourth-order valence-corrected chi connectivity index (χ4v) is 13.8. The molecule has 3 rings (SSSR count). The molecule has 0 radical (unpaired) electrons. The summed E-state index contributed by atoms with van der Waals surface area (Å²) in [6, 6.07) is -11.4. The molecule has 0 unspecified atom stereocenters. The fraction of sp³-hybridized carbons (Fsp3) is 0.593. The molecule has 16 atom stereocenters. The number of hydrogen-bond acceptors (Lipinski definition) is 26. The summed E-state index contributed by atoms with van der Waals surface area (Å²) in [5.74, 6) is -19.6. The van der Waals surface area contributed by atoms with E-state index in [2.05, 4.69) is 106 Å². The molecular formula is C86H141N29O21. The van der Waals surface area contributed by atoms with Crippen LogP contribution in [0.1, 0.15) is 170 Å². The first kappa shape index (κ1) is 116. The van der Waals surface area contributed by atoms with Gasteiger partial charge in [0.25, 0.3) is 0 Å².